The number of rotatable bonds is 60. The van der Waals surface area contributed by atoms with E-state index in [0.717, 1.165) is 128 Å². The summed E-state index contributed by atoms with van der Waals surface area (Å²) in [7, 11) is 0. The highest BCUT2D eigenvalue weighted by Gasteiger charge is 2.19. The standard InChI is InChI=1S/C75H124O6/c1-4-7-10-13-16-19-22-25-27-28-29-30-31-32-33-34-35-36-37-38-39-40-41-42-43-44-45-46-48-50-53-56-59-62-65-68-74(77)80-71-72(70-79-73(76)67-64-61-58-55-52-49-24-21-18-15-12-9-6-3)81-75(78)69-66-63-60-57-54-51-47-26-23-20-17-14-11-8-5-2/h7-12,16-21,25-27,29-30,47,49,52,58,61,72H,4-6,13-15,22-24,28,31-46,48,50-51,53-57,59-60,62-71H2,1-3H3/b10-7-,11-8-,12-9-,19-16-,20-17-,21-18-,27-25-,30-29-,47-26-,52-49-,61-58-. The molecule has 0 aromatic carbocycles. The minimum Gasteiger partial charge on any atom is -0.462 e. The van der Waals surface area contributed by atoms with Gasteiger partial charge in [-0.25, -0.2) is 0 Å². The highest BCUT2D eigenvalue weighted by molar-refractivity contribution is 5.71. The van der Waals surface area contributed by atoms with Gasteiger partial charge in [0.1, 0.15) is 13.2 Å². The number of hydrogen-bond donors (Lipinski definition) is 0. The van der Waals surface area contributed by atoms with Crippen LogP contribution in [-0.4, -0.2) is 37.2 Å². The van der Waals surface area contributed by atoms with Crippen LogP contribution in [0.3, 0.4) is 0 Å². The van der Waals surface area contributed by atoms with Crippen LogP contribution in [0.15, 0.2) is 134 Å². The molecule has 0 amide bonds. The van der Waals surface area contributed by atoms with Gasteiger partial charge in [0.25, 0.3) is 0 Å². The number of unbranched alkanes of at least 4 members (excludes halogenated alkanes) is 27. The molecule has 460 valence electrons. The zero-order valence-corrected chi connectivity index (χ0v) is 52.8. The third kappa shape index (κ3) is 66.2. The van der Waals surface area contributed by atoms with Gasteiger partial charge in [0, 0.05) is 19.3 Å². The van der Waals surface area contributed by atoms with Crippen LogP contribution in [0.25, 0.3) is 0 Å². The molecule has 0 radical (unpaired) electrons. The maximum Gasteiger partial charge on any atom is 0.306 e. The second kappa shape index (κ2) is 68.1. The summed E-state index contributed by atoms with van der Waals surface area (Å²) < 4.78 is 16.8. The maximum atomic E-state index is 12.9. The van der Waals surface area contributed by atoms with Crippen LogP contribution in [-0.2, 0) is 28.6 Å². The Morgan fingerprint density at radius 2 is 0.469 bits per heavy atom. The minimum atomic E-state index is -0.818. The Morgan fingerprint density at radius 1 is 0.247 bits per heavy atom. The Bertz CT molecular complexity index is 1720. The van der Waals surface area contributed by atoms with Gasteiger partial charge in [-0.2, -0.15) is 0 Å². The number of allylic oxidation sites excluding steroid dienone is 22. The molecule has 0 spiro atoms. The lowest BCUT2D eigenvalue weighted by Crippen LogP contribution is -2.30. The highest BCUT2D eigenvalue weighted by Crippen LogP contribution is 2.17. The van der Waals surface area contributed by atoms with Crippen LogP contribution in [0, 0.1) is 0 Å². The van der Waals surface area contributed by atoms with Gasteiger partial charge < -0.3 is 14.2 Å². The summed E-state index contributed by atoms with van der Waals surface area (Å²) in [4.78, 5) is 38.2. The second-order valence-electron chi connectivity index (χ2n) is 21.9. The minimum absolute atomic E-state index is 0.107. The number of carbonyl (C=O) groups is 3. The molecule has 0 N–H and O–H groups in total. The van der Waals surface area contributed by atoms with E-state index in [-0.39, 0.29) is 37.5 Å². The normalized spacial score (nSPS) is 13.0. The summed E-state index contributed by atoms with van der Waals surface area (Å²) in [6.07, 6.45) is 96.6. The van der Waals surface area contributed by atoms with E-state index in [1.165, 1.54) is 128 Å². The summed E-state index contributed by atoms with van der Waals surface area (Å²) in [5.41, 5.74) is 0. The van der Waals surface area contributed by atoms with E-state index < -0.39 is 6.10 Å². The van der Waals surface area contributed by atoms with Crippen molar-refractivity contribution in [1.82, 2.24) is 0 Å². The number of hydrogen-bond acceptors (Lipinski definition) is 6. The molecule has 0 saturated carbocycles. The summed E-state index contributed by atoms with van der Waals surface area (Å²) in [5.74, 6) is -1.00. The lowest BCUT2D eigenvalue weighted by atomic mass is 10.0. The summed E-state index contributed by atoms with van der Waals surface area (Å²) >= 11 is 0. The van der Waals surface area contributed by atoms with E-state index in [1.54, 1.807) is 0 Å². The quantitative estimate of drug-likeness (QED) is 0.0261. The van der Waals surface area contributed by atoms with E-state index in [0.29, 0.717) is 19.3 Å². The SMILES string of the molecule is CC/C=C\C/C=C\C/C=C\C/C=C\CCCCCCCCCCCCCCCCCCCCCCCCC(=O)OCC(COC(=O)CC/C=C\C/C=C\C/C=C\C/C=C\CC)OC(=O)CCCCCCC/C=C\C/C=C\C/C=C\CC. The third-order valence-electron chi connectivity index (χ3n) is 14.1. The predicted octanol–water partition coefficient (Wildman–Crippen LogP) is 23.3. The van der Waals surface area contributed by atoms with Crippen molar-refractivity contribution in [3.05, 3.63) is 134 Å². The Labute approximate surface area is 500 Å². The zero-order chi connectivity index (χ0) is 58.5. The summed E-state index contributed by atoms with van der Waals surface area (Å²) in [5, 5.41) is 0. The van der Waals surface area contributed by atoms with Crippen molar-refractivity contribution >= 4 is 17.9 Å². The largest absolute Gasteiger partial charge is 0.462 e. The lowest BCUT2D eigenvalue weighted by Gasteiger charge is -2.18. The summed E-state index contributed by atoms with van der Waals surface area (Å²) in [6, 6.07) is 0. The number of ether oxygens (including phenoxy) is 3. The molecule has 0 rings (SSSR count). The monoisotopic (exact) mass is 1120 g/mol. The summed E-state index contributed by atoms with van der Waals surface area (Å²) in [6.45, 7) is 6.23. The van der Waals surface area contributed by atoms with Crippen molar-refractivity contribution < 1.29 is 28.6 Å². The first kappa shape index (κ1) is 76.5. The molecule has 0 aliphatic heterocycles. The predicted molar refractivity (Wildman–Crippen MR) is 353 cm³/mol. The fraction of sp³-hybridized carbons (Fsp3) is 0.667. The lowest BCUT2D eigenvalue weighted by molar-refractivity contribution is -0.166. The molecule has 0 aromatic heterocycles. The first-order chi connectivity index (χ1) is 40.0. The van der Waals surface area contributed by atoms with E-state index in [2.05, 4.69) is 148 Å². The van der Waals surface area contributed by atoms with Crippen LogP contribution in [0.2, 0.25) is 0 Å². The van der Waals surface area contributed by atoms with E-state index in [1.807, 2.05) is 6.08 Å². The van der Waals surface area contributed by atoms with Gasteiger partial charge in [0.15, 0.2) is 6.10 Å². The van der Waals surface area contributed by atoms with Crippen molar-refractivity contribution in [2.45, 2.75) is 309 Å². The van der Waals surface area contributed by atoms with Crippen molar-refractivity contribution in [2.24, 2.45) is 0 Å². The van der Waals surface area contributed by atoms with Gasteiger partial charge >= 0.3 is 17.9 Å². The van der Waals surface area contributed by atoms with Crippen molar-refractivity contribution in [1.29, 1.82) is 0 Å². The molecule has 0 aliphatic rings. The molecule has 0 fully saturated rings. The van der Waals surface area contributed by atoms with Crippen LogP contribution in [0.1, 0.15) is 303 Å². The highest BCUT2D eigenvalue weighted by atomic mass is 16.6. The molecule has 81 heavy (non-hydrogen) atoms. The number of esters is 3. The topological polar surface area (TPSA) is 78.9 Å². The van der Waals surface area contributed by atoms with E-state index in [4.69, 9.17) is 14.2 Å². The first-order valence-corrected chi connectivity index (χ1v) is 33.7. The smallest absolute Gasteiger partial charge is 0.306 e. The van der Waals surface area contributed by atoms with Gasteiger partial charge in [0.2, 0.25) is 0 Å². The molecule has 1 unspecified atom stereocenters. The van der Waals surface area contributed by atoms with Gasteiger partial charge in [-0.1, -0.05) is 302 Å². The average Bonchev–Trinajstić information content (AvgIpc) is 3.46. The Kier molecular flexibility index (Phi) is 64.3. The second-order valence-corrected chi connectivity index (χ2v) is 21.9. The van der Waals surface area contributed by atoms with Crippen LogP contribution in [0.4, 0.5) is 0 Å². The fourth-order valence-corrected chi connectivity index (χ4v) is 9.23. The van der Waals surface area contributed by atoms with Gasteiger partial charge in [0.05, 0.1) is 0 Å². The molecule has 0 saturated heterocycles. The molecule has 1 atom stereocenters. The van der Waals surface area contributed by atoms with Crippen molar-refractivity contribution in [2.75, 3.05) is 13.2 Å². The third-order valence-corrected chi connectivity index (χ3v) is 14.1. The Morgan fingerprint density at radius 3 is 0.765 bits per heavy atom. The van der Waals surface area contributed by atoms with Crippen LogP contribution >= 0.6 is 0 Å². The Balaban J connectivity index is 4.15. The van der Waals surface area contributed by atoms with Crippen LogP contribution in [0.5, 0.6) is 0 Å². The molecule has 0 bridgehead atoms. The maximum absolute atomic E-state index is 12.9. The first-order valence-electron chi connectivity index (χ1n) is 33.7. The van der Waals surface area contributed by atoms with Gasteiger partial charge in [-0.05, 0) is 116 Å². The molecule has 0 heterocycles. The molecular formula is C75H124O6. The molecular weight excluding hydrogens is 997 g/mol. The van der Waals surface area contributed by atoms with E-state index in [9.17, 15) is 14.4 Å². The molecule has 0 aliphatic carbocycles. The van der Waals surface area contributed by atoms with Crippen molar-refractivity contribution in [3.63, 3.8) is 0 Å². The van der Waals surface area contributed by atoms with E-state index >= 15 is 0 Å². The molecule has 0 aromatic rings. The van der Waals surface area contributed by atoms with Crippen molar-refractivity contribution in [3.8, 4) is 0 Å². The molecule has 6 heteroatoms. The number of carbonyl (C=O) groups excluding carboxylic acids is 3. The van der Waals surface area contributed by atoms with Gasteiger partial charge in [-0.15, -0.1) is 0 Å². The molecule has 6 nitrogen and oxygen atoms in total. The van der Waals surface area contributed by atoms with Gasteiger partial charge in [-0.3, -0.25) is 14.4 Å². The average molecular weight is 1120 g/mol. The zero-order valence-electron chi connectivity index (χ0n) is 52.8. The Hall–Kier alpha value is -4.45. The van der Waals surface area contributed by atoms with Crippen LogP contribution < -0.4 is 0 Å². The fourth-order valence-electron chi connectivity index (χ4n) is 9.23.